The Bertz CT molecular complexity index is 727. The van der Waals surface area contributed by atoms with Gasteiger partial charge in [0.2, 0.25) is 0 Å². The van der Waals surface area contributed by atoms with E-state index < -0.39 is 0 Å². The second-order valence-electron chi connectivity index (χ2n) is 5.97. The molecule has 2 rings (SSSR count). The van der Waals surface area contributed by atoms with Gasteiger partial charge in [-0.1, -0.05) is 42.2 Å². The zero-order chi connectivity index (χ0) is 16.0. The molecule has 0 aliphatic rings. The molecule has 2 nitrogen and oxygen atoms in total. The van der Waals surface area contributed by atoms with E-state index in [2.05, 4.69) is 37.6 Å². The van der Waals surface area contributed by atoms with E-state index in [0.29, 0.717) is 0 Å². The molecule has 2 aromatic rings. The topological polar surface area (TPSA) is 21.6 Å². The van der Waals surface area contributed by atoms with Gasteiger partial charge in [-0.05, 0) is 39.0 Å². The van der Waals surface area contributed by atoms with E-state index in [1.165, 1.54) is 0 Å². The SMILES string of the molecule is COc1ccccc1C#Cc1ccccc1C=NC(C)(C)C. The van der Waals surface area contributed by atoms with Crippen molar-refractivity contribution in [3.63, 3.8) is 0 Å². The van der Waals surface area contributed by atoms with Crippen molar-refractivity contribution >= 4 is 6.21 Å². The molecule has 0 aliphatic carbocycles. The maximum absolute atomic E-state index is 5.33. The Kier molecular flexibility index (Phi) is 5.01. The molecule has 2 aromatic carbocycles. The van der Waals surface area contributed by atoms with Crippen LogP contribution < -0.4 is 4.74 Å². The lowest BCUT2D eigenvalue weighted by atomic mass is 10.1. The average Bonchev–Trinajstić information content (AvgIpc) is 2.51. The number of hydrogen-bond donors (Lipinski definition) is 0. The summed E-state index contributed by atoms with van der Waals surface area (Å²) in [7, 11) is 1.66. The van der Waals surface area contributed by atoms with Crippen LogP contribution in [-0.4, -0.2) is 18.9 Å². The molecule has 0 fully saturated rings. The van der Waals surface area contributed by atoms with E-state index in [4.69, 9.17) is 4.74 Å². The van der Waals surface area contributed by atoms with Crippen LogP contribution in [0.5, 0.6) is 5.75 Å². The molecule has 0 amide bonds. The summed E-state index contributed by atoms with van der Waals surface area (Å²) >= 11 is 0. The fourth-order valence-corrected chi connectivity index (χ4v) is 1.87. The Balaban J connectivity index is 2.36. The minimum Gasteiger partial charge on any atom is -0.495 e. The lowest BCUT2D eigenvalue weighted by molar-refractivity contribution is 0.413. The molecule has 0 radical (unpaired) electrons. The average molecular weight is 291 g/mol. The van der Waals surface area contributed by atoms with Crippen molar-refractivity contribution in [2.24, 2.45) is 4.99 Å². The summed E-state index contributed by atoms with van der Waals surface area (Å²) < 4.78 is 5.33. The summed E-state index contributed by atoms with van der Waals surface area (Å²) in [6.07, 6.45) is 1.90. The molecule has 2 heteroatoms. The summed E-state index contributed by atoms with van der Waals surface area (Å²) in [5.41, 5.74) is 2.78. The Morgan fingerprint density at radius 1 is 0.909 bits per heavy atom. The number of aliphatic imine (C=N–C) groups is 1. The molecular weight excluding hydrogens is 270 g/mol. The van der Waals surface area contributed by atoms with Crippen LogP contribution in [0, 0.1) is 11.8 Å². The minimum absolute atomic E-state index is 0.0941. The summed E-state index contributed by atoms with van der Waals surface area (Å²) in [5, 5.41) is 0. The van der Waals surface area contributed by atoms with Gasteiger partial charge >= 0.3 is 0 Å². The second-order valence-corrected chi connectivity index (χ2v) is 5.97. The smallest absolute Gasteiger partial charge is 0.134 e. The van der Waals surface area contributed by atoms with Crippen LogP contribution in [-0.2, 0) is 0 Å². The van der Waals surface area contributed by atoms with Crippen molar-refractivity contribution in [2.45, 2.75) is 26.3 Å². The number of ether oxygens (including phenoxy) is 1. The zero-order valence-electron chi connectivity index (χ0n) is 13.6. The van der Waals surface area contributed by atoms with Gasteiger partial charge in [0, 0.05) is 17.3 Å². The van der Waals surface area contributed by atoms with Crippen molar-refractivity contribution in [2.75, 3.05) is 7.11 Å². The van der Waals surface area contributed by atoms with Crippen LogP contribution in [0.1, 0.15) is 37.5 Å². The summed E-state index contributed by atoms with van der Waals surface area (Å²) in [4.78, 5) is 4.56. The van der Waals surface area contributed by atoms with E-state index in [1.54, 1.807) is 7.11 Å². The van der Waals surface area contributed by atoms with E-state index >= 15 is 0 Å². The highest BCUT2D eigenvalue weighted by Gasteiger charge is 2.05. The van der Waals surface area contributed by atoms with Gasteiger partial charge < -0.3 is 4.74 Å². The van der Waals surface area contributed by atoms with Crippen LogP contribution >= 0.6 is 0 Å². The highest BCUT2D eigenvalue weighted by Crippen LogP contribution is 2.16. The monoisotopic (exact) mass is 291 g/mol. The molecule has 0 aliphatic heterocycles. The summed E-state index contributed by atoms with van der Waals surface area (Å²) in [5.74, 6) is 7.19. The van der Waals surface area contributed by atoms with Crippen LogP contribution in [0.4, 0.5) is 0 Å². The Morgan fingerprint density at radius 3 is 2.18 bits per heavy atom. The quantitative estimate of drug-likeness (QED) is 0.597. The van der Waals surface area contributed by atoms with Gasteiger partial charge in [-0.15, -0.1) is 0 Å². The standard InChI is InChI=1S/C20H21NO/c1-20(2,3)21-15-18-11-6-5-9-16(18)13-14-17-10-7-8-12-19(17)22-4/h5-12,15H,1-4H3. The number of hydrogen-bond acceptors (Lipinski definition) is 2. The molecule has 22 heavy (non-hydrogen) atoms. The van der Waals surface area contributed by atoms with Gasteiger partial charge in [0.05, 0.1) is 18.2 Å². The van der Waals surface area contributed by atoms with E-state index in [1.807, 2.05) is 54.7 Å². The molecule has 0 aromatic heterocycles. The number of rotatable bonds is 2. The molecule has 0 saturated heterocycles. The first-order valence-corrected chi connectivity index (χ1v) is 7.29. The molecule has 0 atom stereocenters. The van der Waals surface area contributed by atoms with Crippen LogP contribution in [0.15, 0.2) is 53.5 Å². The number of benzene rings is 2. The fourth-order valence-electron chi connectivity index (χ4n) is 1.87. The number of methoxy groups -OCH3 is 1. The minimum atomic E-state index is -0.0941. The molecule has 0 spiro atoms. The lowest BCUT2D eigenvalue weighted by Crippen LogP contribution is -2.09. The predicted molar refractivity (Wildman–Crippen MR) is 92.8 cm³/mol. The fraction of sp³-hybridized carbons (Fsp3) is 0.250. The van der Waals surface area contributed by atoms with Gasteiger partial charge in [0.25, 0.3) is 0 Å². The third kappa shape index (κ3) is 4.49. The van der Waals surface area contributed by atoms with E-state index in [9.17, 15) is 0 Å². The molecule has 0 N–H and O–H groups in total. The molecule has 0 heterocycles. The van der Waals surface area contributed by atoms with Crippen LogP contribution in [0.2, 0.25) is 0 Å². The molecule has 0 bridgehead atoms. The van der Waals surface area contributed by atoms with Crippen molar-refractivity contribution in [1.29, 1.82) is 0 Å². The zero-order valence-corrected chi connectivity index (χ0v) is 13.6. The van der Waals surface area contributed by atoms with Gasteiger partial charge in [0.15, 0.2) is 0 Å². The Morgan fingerprint density at radius 2 is 1.50 bits per heavy atom. The molecular formula is C20H21NO. The third-order valence-electron chi connectivity index (χ3n) is 2.99. The lowest BCUT2D eigenvalue weighted by Gasteiger charge is -2.11. The van der Waals surface area contributed by atoms with E-state index in [0.717, 1.165) is 22.4 Å². The van der Waals surface area contributed by atoms with Crippen LogP contribution in [0.25, 0.3) is 0 Å². The van der Waals surface area contributed by atoms with Gasteiger partial charge in [-0.2, -0.15) is 0 Å². The first-order chi connectivity index (χ1) is 10.5. The second kappa shape index (κ2) is 6.95. The van der Waals surface area contributed by atoms with E-state index in [-0.39, 0.29) is 5.54 Å². The van der Waals surface area contributed by atoms with Crippen LogP contribution in [0.3, 0.4) is 0 Å². The molecule has 112 valence electrons. The van der Waals surface area contributed by atoms with Gasteiger partial charge in [0.1, 0.15) is 5.75 Å². The maximum Gasteiger partial charge on any atom is 0.134 e. The highest BCUT2D eigenvalue weighted by atomic mass is 16.5. The first kappa shape index (κ1) is 15.9. The highest BCUT2D eigenvalue weighted by molar-refractivity contribution is 5.83. The largest absolute Gasteiger partial charge is 0.495 e. The van der Waals surface area contributed by atoms with Gasteiger partial charge in [-0.3, -0.25) is 4.99 Å². The molecule has 0 saturated carbocycles. The normalized spacial score (nSPS) is 11.1. The Hall–Kier alpha value is -2.53. The van der Waals surface area contributed by atoms with Crippen molar-refractivity contribution < 1.29 is 4.74 Å². The van der Waals surface area contributed by atoms with Crippen molar-refractivity contribution in [3.8, 4) is 17.6 Å². The number of nitrogens with zero attached hydrogens (tertiary/aromatic N) is 1. The third-order valence-corrected chi connectivity index (χ3v) is 2.99. The Labute approximate surface area is 132 Å². The maximum atomic E-state index is 5.33. The predicted octanol–water partition coefficient (Wildman–Crippen LogP) is 4.31. The van der Waals surface area contributed by atoms with Gasteiger partial charge in [-0.25, -0.2) is 0 Å². The number of para-hydroxylation sites is 1. The van der Waals surface area contributed by atoms with Crippen molar-refractivity contribution in [1.82, 2.24) is 0 Å². The summed E-state index contributed by atoms with van der Waals surface area (Å²) in [6, 6.07) is 15.8. The first-order valence-electron chi connectivity index (χ1n) is 7.29. The summed E-state index contributed by atoms with van der Waals surface area (Å²) in [6.45, 7) is 6.23. The van der Waals surface area contributed by atoms with Crippen molar-refractivity contribution in [3.05, 3.63) is 65.2 Å². The molecule has 0 unspecified atom stereocenters.